The van der Waals surface area contributed by atoms with Gasteiger partial charge in [-0.2, -0.15) is 5.10 Å². The van der Waals surface area contributed by atoms with Gasteiger partial charge in [-0.1, -0.05) is 23.7 Å². The molecule has 0 saturated heterocycles. The minimum absolute atomic E-state index is 0.224. The maximum Gasteiger partial charge on any atom is 0.337 e. The van der Waals surface area contributed by atoms with Crippen LogP contribution in [0.4, 0.5) is 0 Å². The third-order valence-electron chi connectivity index (χ3n) is 5.31. The molecule has 3 aromatic rings. The molecule has 7 nitrogen and oxygen atoms in total. The van der Waals surface area contributed by atoms with E-state index in [0.717, 1.165) is 22.4 Å². The van der Waals surface area contributed by atoms with Gasteiger partial charge in [-0.3, -0.25) is 9.48 Å². The van der Waals surface area contributed by atoms with Crippen LogP contribution >= 0.6 is 11.6 Å². The van der Waals surface area contributed by atoms with Gasteiger partial charge in [0.1, 0.15) is 17.5 Å². The maximum atomic E-state index is 12.4. The van der Waals surface area contributed by atoms with Crippen molar-refractivity contribution in [1.29, 1.82) is 0 Å². The van der Waals surface area contributed by atoms with Crippen LogP contribution in [0.5, 0.6) is 5.75 Å². The van der Waals surface area contributed by atoms with Gasteiger partial charge in [0.25, 0.3) is 5.91 Å². The number of ether oxygens (including phenoxy) is 2. The smallest absolute Gasteiger partial charge is 0.337 e. The van der Waals surface area contributed by atoms with Crippen molar-refractivity contribution in [3.8, 4) is 16.9 Å². The van der Waals surface area contributed by atoms with Crippen LogP contribution in [-0.4, -0.2) is 41.4 Å². The highest BCUT2D eigenvalue weighted by atomic mass is 35.5. The normalized spacial score (nSPS) is 14.6. The van der Waals surface area contributed by atoms with E-state index in [4.69, 9.17) is 21.1 Å². The number of fused-ring (bicyclic) bond motifs is 1. The van der Waals surface area contributed by atoms with Crippen LogP contribution in [0.3, 0.4) is 0 Å². The lowest BCUT2D eigenvalue weighted by Gasteiger charge is -2.12. The molecule has 1 unspecified atom stereocenters. The first-order valence-electron chi connectivity index (χ1n) is 9.82. The molecular weight excluding hydrogens is 418 g/mol. The summed E-state index contributed by atoms with van der Waals surface area (Å²) in [5.41, 5.74) is 4.45. The molecule has 1 aromatic heterocycles. The number of halogens is 1. The van der Waals surface area contributed by atoms with Gasteiger partial charge in [0.05, 0.1) is 24.2 Å². The van der Waals surface area contributed by atoms with E-state index in [1.54, 1.807) is 36.0 Å². The number of carbonyl (C=O) groups is 2. The molecule has 0 radical (unpaired) electrons. The summed E-state index contributed by atoms with van der Waals surface area (Å²) in [6.07, 6.45) is 0.388. The summed E-state index contributed by atoms with van der Waals surface area (Å²) in [4.78, 5) is 24.2. The standard InChI is InChI=1S/C23H22ClN3O4/c1-13-7-20(26-27(13)2)22(28)25-12-18-10-17-9-16(11-19(24)21(17)31-18)14-5-4-6-15(8-14)23(29)30-3/h4-9,11,18H,10,12H2,1-3H3,(H,25,28). The number of nitrogens with zero attached hydrogens (tertiary/aromatic N) is 2. The summed E-state index contributed by atoms with van der Waals surface area (Å²) in [6, 6.07) is 12.7. The van der Waals surface area contributed by atoms with Crippen molar-refractivity contribution in [2.24, 2.45) is 7.05 Å². The van der Waals surface area contributed by atoms with E-state index >= 15 is 0 Å². The highest BCUT2D eigenvalue weighted by molar-refractivity contribution is 6.32. The van der Waals surface area contributed by atoms with E-state index in [1.165, 1.54) is 7.11 Å². The van der Waals surface area contributed by atoms with Crippen LogP contribution < -0.4 is 10.1 Å². The zero-order valence-electron chi connectivity index (χ0n) is 17.4. The molecule has 1 aliphatic rings. The quantitative estimate of drug-likeness (QED) is 0.614. The molecule has 1 N–H and O–H groups in total. The number of benzene rings is 2. The van der Waals surface area contributed by atoms with Crippen molar-refractivity contribution in [3.05, 3.63) is 70.0 Å². The Morgan fingerprint density at radius 1 is 1.26 bits per heavy atom. The molecule has 160 valence electrons. The number of nitrogens with one attached hydrogen (secondary N) is 1. The molecule has 4 rings (SSSR count). The molecule has 1 amide bonds. The van der Waals surface area contributed by atoms with Gasteiger partial charge in [0.15, 0.2) is 0 Å². The first-order valence-corrected chi connectivity index (χ1v) is 10.2. The molecule has 0 fully saturated rings. The Labute approximate surface area is 184 Å². The van der Waals surface area contributed by atoms with Gasteiger partial charge < -0.3 is 14.8 Å². The average molecular weight is 440 g/mol. The van der Waals surface area contributed by atoms with Crippen LogP contribution in [0.25, 0.3) is 11.1 Å². The first-order chi connectivity index (χ1) is 14.9. The number of aryl methyl sites for hydroxylation is 2. The second-order valence-corrected chi connectivity index (χ2v) is 7.87. The molecule has 1 aliphatic heterocycles. The molecule has 0 spiro atoms. The fourth-order valence-corrected chi connectivity index (χ4v) is 3.86. The monoisotopic (exact) mass is 439 g/mol. The highest BCUT2D eigenvalue weighted by Crippen LogP contribution is 2.39. The fourth-order valence-electron chi connectivity index (χ4n) is 3.58. The number of aromatic nitrogens is 2. The average Bonchev–Trinajstić information content (AvgIpc) is 3.34. The molecule has 0 aliphatic carbocycles. The lowest BCUT2D eigenvalue weighted by atomic mass is 9.99. The van der Waals surface area contributed by atoms with Gasteiger partial charge in [0, 0.05) is 24.7 Å². The largest absolute Gasteiger partial charge is 0.486 e. The number of carbonyl (C=O) groups excluding carboxylic acids is 2. The molecule has 1 atom stereocenters. The fraction of sp³-hybridized carbons (Fsp3) is 0.261. The summed E-state index contributed by atoms with van der Waals surface area (Å²) in [5.74, 6) is -0.00604. The van der Waals surface area contributed by atoms with Crippen LogP contribution in [0.1, 0.15) is 32.1 Å². The summed E-state index contributed by atoms with van der Waals surface area (Å²) >= 11 is 6.48. The van der Waals surface area contributed by atoms with Crippen molar-refractivity contribution in [2.75, 3.05) is 13.7 Å². The minimum atomic E-state index is -0.392. The molecule has 0 saturated carbocycles. The Kier molecular flexibility index (Phi) is 5.69. The Bertz CT molecular complexity index is 1150. The predicted octanol–water partition coefficient (Wildman–Crippen LogP) is 3.57. The van der Waals surface area contributed by atoms with Crippen molar-refractivity contribution >= 4 is 23.5 Å². The Morgan fingerprint density at radius 2 is 2.06 bits per heavy atom. The Hall–Kier alpha value is -3.32. The summed E-state index contributed by atoms with van der Waals surface area (Å²) in [7, 11) is 3.15. The Balaban J connectivity index is 1.47. The second-order valence-electron chi connectivity index (χ2n) is 7.47. The first kappa shape index (κ1) is 20.9. The van der Waals surface area contributed by atoms with Crippen molar-refractivity contribution in [3.63, 3.8) is 0 Å². The van der Waals surface area contributed by atoms with E-state index in [0.29, 0.717) is 35.0 Å². The molecular formula is C23H22ClN3O4. The van der Waals surface area contributed by atoms with Gasteiger partial charge in [0.2, 0.25) is 0 Å². The lowest BCUT2D eigenvalue weighted by molar-refractivity contribution is 0.0600. The van der Waals surface area contributed by atoms with Gasteiger partial charge >= 0.3 is 5.97 Å². The van der Waals surface area contributed by atoms with Crippen molar-refractivity contribution in [1.82, 2.24) is 15.1 Å². The summed E-state index contributed by atoms with van der Waals surface area (Å²) in [6.45, 7) is 2.23. The second kappa shape index (κ2) is 8.43. The number of rotatable bonds is 5. The van der Waals surface area contributed by atoms with Crippen molar-refractivity contribution < 1.29 is 19.1 Å². The van der Waals surface area contributed by atoms with Gasteiger partial charge in [-0.15, -0.1) is 0 Å². The SMILES string of the molecule is COC(=O)c1cccc(-c2cc(Cl)c3c(c2)CC(CNC(=O)c2cc(C)n(C)n2)O3)c1. The minimum Gasteiger partial charge on any atom is -0.486 e. The van der Waals surface area contributed by atoms with Crippen LogP contribution in [0, 0.1) is 6.92 Å². The number of esters is 1. The molecule has 31 heavy (non-hydrogen) atoms. The number of methoxy groups -OCH3 is 1. The highest BCUT2D eigenvalue weighted by Gasteiger charge is 2.27. The van der Waals surface area contributed by atoms with Crippen LogP contribution in [0.15, 0.2) is 42.5 Å². The molecule has 0 bridgehead atoms. The van der Waals surface area contributed by atoms with E-state index < -0.39 is 5.97 Å². The van der Waals surface area contributed by atoms with Crippen LogP contribution in [0.2, 0.25) is 5.02 Å². The zero-order chi connectivity index (χ0) is 22.1. The maximum absolute atomic E-state index is 12.4. The third-order valence-corrected chi connectivity index (χ3v) is 5.59. The zero-order valence-corrected chi connectivity index (χ0v) is 18.2. The number of hydrogen-bond acceptors (Lipinski definition) is 5. The summed E-state index contributed by atoms with van der Waals surface area (Å²) < 4.78 is 12.4. The number of hydrogen-bond donors (Lipinski definition) is 1. The molecule has 2 aromatic carbocycles. The molecule has 2 heterocycles. The van der Waals surface area contributed by atoms with Crippen LogP contribution in [-0.2, 0) is 18.2 Å². The topological polar surface area (TPSA) is 82.5 Å². The van der Waals surface area contributed by atoms with E-state index in [2.05, 4.69) is 10.4 Å². The van der Waals surface area contributed by atoms with E-state index in [-0.39, 0.29) is 12.0 Å². The number of amides is 1. The third kappa shape index (κ3) is 4.27. The van der Waals surface area contributed by atoms with E-state index in [1.807, 2.05) is 25.1 Å². The van der Waals surface area contributed by atoms with Gasteiger partial charge in [-0.25, -0.2) is 4.79 Å². The van der Waals surface area contributed by atoms with Crippen molar-refractivity contribution in [2.45, 2.75) is 19.4 Å². The van der Waals surface area contributed by atoms with E-state index in [9.17, 15) is 9.59 Å². The molecule has 8 heteroatoms. The predicted molar refractivity (Wildman–Crippen MR) is 117 cm³/mol. The Morgan fingerprint density at radius 3 is 2.77 bits per heavy atom. The van der Waals surface area contributed by atoms with Gasteiger partial charge in [-0.05, 0) is 48.4 Å². The summed E-state index contributed by atoms with van der Waals surface area (Å²) in [5, 5.41) is 7.55. The lowest BCUT2D eigenvalue weighted by Crippen LogP contribution is -2.34.